The molecule has 8 heteroatoms. The number of Topliss-reactive ketones (excluding diaryl/α,β-unsaturated/α-hetero) is 1. The van der Waals surface area contributed by atoms with Gasteiger partial charge in [-0.25, -0.2) is 0 Å². The Morgan fingerprint density at radius 1 is 1.00 bits per heavy atom. The first kappa shape index (κ1) is 27.4. The molecule has 1 amide bonds. The number of likely N-dealkylation sites (tertiary alicyclic amines) is 1. The Hall–Kier alpha value is -4.14. The molecule has 0 aliphatic carbocycles. The summed E-state index contributed by atoms with van der Waals surface area (Å²) in [6.07, 6.45) is 0.703. The molecular weight excluding hydrogens is 508 g/mol. The van der Waals surface area contributed by atoms with Crippen LogP contribution < -0.4 is 19.5 Å². The van der Waals surface area contributed by atoms with Crippen LogP contribution in [-0.4, -0.2) is 63.1 Å². The van der Waals surface area contributed by atoms with Gasteiger partial charge in [0.05, 0.1) is 32.9 Å². The van der Waals surface area contributed by atoms with Gasteiger partial charge in [0, 0.05) is 18.5 Å². The summed E-state index contributed by atoms with van der Waals surface area (Å²) < 4.78 is 16.8. The third-order valence-corrected chi connectivity index (χ3v) is 7.47. The zero-order valence-corrected chi connectivity index (χ0v) is 22.9. The van der Waals surface area contributed by atoms with E-state index in [0.717, 1.165) is 38.4 Å². The van der Waals surface area contributed by atoms with E-state index in [1.165, 1.54) is 4.90 Å². The lowest BCUT2D eigenvalue weighted by molar-refractivity contribution is -0.908. The van der Waals surface area contributed by atoms with E-state index in [4.69, 9.17) is 14.2 Å². The van der Waals surface area contributed by atoms with Gasteiger partial charge in [-0.1, -0.05) is 42.2 Å². The maximum Gasteiger partial charge on any atom is 0.295 e. The molecule has 8 nitrogen and oxygen atoms in total. The van der Waals surface area contributed by atoms with Gasteiger partial charge in [0.1, 0.15) is 30.3 Å². The standard InChI is InChI=1S/C32H34N2O6/c1-22-20-24(12-13-27(22)38-2)30(35)28-29(23-8-6-11-26(21-23)40-25-9-4-3-5-10-25)34(32(37)31(28)36)15-7-14-33-16-18-39-19-17-33/h3-6,8-13,20-21,29,35H,7,14-19H2,1-2H3/b30-28+. The maximum absolute atomic E-state index is 13.9. The van der Waals surface area contributed by atoms with Crippen LogP contribution in [0.3, 0.4) is 0 Å². The summed E-state index contributed by atoms with van der Waals surface area (Å²) in [6.45, 7) is 6.34. The van der Waals surface area contributed by atoms with E-state index in [1.807, 2.05) is 55.5 Å². The van der Waals surface area contributed by atoms with Crippen LogP contribution in [-0.2, 0) is 14.3 Å². The van der Waals surface area contributed by atoms with E-state index in [9.17, 15) is 14.7 Å². The van der Waals surface area contributed by atoms with Gasteiger partial charge in [0.2, 0.25) is 5.78 Å². The normalized spacial score (nSPS) is 19.1. The highest BCUT2D eigenvalue weighted by Crippen LogP contribution is 2.40. The Bertz CT molecular complexity index is 1400. The Balaban J connectivity index is 1.51. The average molecular weight is 543 g/mol. The number of morpholine rings is 1. The number of rotatable bonds is 9. The molecule has 2 fully saturated rings. The highest BCUT2D eigenvalue weighted by atomic mass is 16.5. The third-order valence-electron chi connectivity index (χ3n) is 7.47. The predicted molar refractivity (Wildman–Crippen MR) is 148 cm³/mol. The van der Waals surface area contributed by atoms with Crippen molar-refractivity contribution >= 4 is 17.4 Å². The summed E-state index contributed by atoms with van der Waals surface area (Å²) in [4.78, 5) is 29.8. The zero-order valence-electron chi connectivity index (χ0n) is 22.9. The van der Waals surface area contributed by atoms with Gasteiger partial charge in [0.15, 0.2) is 0 Å². The van der Waals surface area contributed by atoms with Crippen LogP contribution in [0.25, 0.3) is 5.76 Å². The number of benzene rings is 3. The molecular formula is C32H34N2O6. The molecule has 1 atom stereocenters. The SMILES string of the molecule is COc1ccc(/C([O-])=C2\C(=O)C(=O)N(CCC[NH+]3CCOCC3)C2c2cccc(Oc3ccccc3)c2)cc1C. The summed E-state index contributed by atoms with van der Waals surface area (Å²) in [6, 6.07) is 20.9. The number of methoxy groups -OCH3 is 1. The lowest BCUT2D eigenvalue weighted by Gasteiger charge is -2.29. The molecule has 0 saturated carbocycles. The molecule has 1 unspecified atom stereocenters. The fraction of sp³-hybridized carbons (Fsp3) is 0.312. The Labute approximate surface area is 234 Å². The number of quaternary nitrogens is 1. The summed E-state index contributed by atoms with van der Waals surface area (Å²) in [5.74, 6) is 0.00841. The number of aryl methyl sites for hydroxylation is 1. The highest BCUT2D eigenvalue weighted by Gasteiger charge is 2.44. The second kappa shape index (κ2) is 12.4. The molecule has 0 bridgehead atoms. The monoisotopic (exact) mass is 542 g/mol. The van der Waals surface area contributed by atoms with E-state index >= 15 is 0 Å². The van der Waals surface area contributed by atoms with Crippen LogP contribution in [0.4, 0.5) is 0 Å². The van der Waals surface area contributed by atoms with E-state index in [1.54, 1.807) is 36.3 Å². The number of ether oxygens (including phenoxy) is 3. The summed E-state index contributed by atoms with van der Waals surface area (Å²) in [7, 11) is 1.56. The van der Waals surface area contributed by atoms with Gasteiger partial charge in [0.25, 0.3) is 5.91 Å². The van der Waals surface area contributed by atoms with Gasteiger partial charge in [-0.15, -0.1) is 0 Å². The zero-order chi connectivity index (χ0) is 28.1. The van der Waals surface area contributed by atoms with E-state index < -0.39 is 23.5 Å². The summed E-state index contributed by atoms with van der Waals surface area (Å²) in [5, 5.41) is 13.9. The number of carbonyl (C=O) groups is 2. The molecule has 0 radical (unpaired) electrons. The first-order valence-corrected chi connectivity index (χ1v) is 13.6. The van der Waals surface area contributed by atoms with Crippen LogP contribution in [0, 0.1) is 6.92 Å². The first-order chi connectivity index (χ1) is 19.5. The van der Waals surface area contributed by atoms with Gasteiger partial charge < -0.3 is 29.1 Å². The first-order valence-electron chi connectivity index (χ1n) is 13.6. The fourth-order valence-electron chi connectivity index (χ4n) is 5.40. The molecule has 1 N–H and O–H groups in total. The van der Waals surface area contributed by atoms with Crippen LogP contribution in [0.5, 0.6) is 17.2 Å². The van der Waals surface area contributed by atoms with E-state index in [0.29, 0.717) is 41.3 Å². The van der Waals surface area contributed by atoms with Crippen molar-refractivity contribution in [2.45, 2.75) is 19.4 Å². The van der Waals surface area contributed by atoms with Crippen molar-refractivity contribution in [1.82, 2.24) is 4.90 Å². The molecule has 3 aromatic rings. The molecule has 5 rings (SSSR count). The number of nitrogens with one attached hydrogen (secondary N) is 1. The van der Waals surface area contributed by atoms with Gasteiger partial charge >= 0.3 is 0 Å². The minimum Gasteiger partial charge on any atom is -0.872 e. The van der Waals surface area contributed by atoms with Gasteiger partial charge in [-0.3, -0.25) is 9.59 Å². The number of hydrogen-bond acceptors (Lipinski definition) is 6. The van der Waals surface area contributed by atoms with Crippen LogP contribution in [0.15, 0.2) is 78.4 Å². The topological polar surface area (TPSA) is 92.6 Å². The second-order valence-electron chi connectivity index (χ2n) is 10.1. The number of nitrogens with zero attached hydrogens (tertiary/aromatic N) is 1. The van der Waals surface area contributed by atoms with Crippen molar-refractivity contribution in [2.24, 2.45) is 0 Å². The number of ketones is 1. The Kier molecular flexibility index (Phi) is 8.48. The van der Waals surface area contributed by atoms with Crippen molar-refractivity contribution in [1.29, 1.82) is 0 Å². The van der Waals surface area contributed by atoms with Crippen LogP contribution in [0.1, 0.15) is 29.2 Å². The molecule has 2 aliphatic heterocycles. The summed E-state index contributed by atoms with van der Waals surface area (Å²) >= 11 is 0. The minimum atomic E-state index is -0.811. The molecule has 2 heterocycles. The van der Waals surface area contributed by atoms with Crippen molar-refractivity contribution < 1.29 is 33.8 Å². The largest absolute Gasteiger partial charge is 0.872 e. The maximum atomic E-state index is 13.9. The van der Waals surface area contributed by atoms with Crippen LogP contribution >= 0.6 is 0 Å². The van der Waals surface area contributed by atoms with E-state index in [-0.39, 0.29) is 5.57 Å². The van der Waals surface area contributed by atoms with Crippen molar-refractivity contribution in [3.63, 3.8) is 0 Å². The quantitative estimate of drug-likeness (QED) is 0.254. The van der Waals surface area contributed by atoms with Crippen LogP contribution in [0.2, 0.25) is 0 Å². The number of amides is 1. The Morgan fingerprint density at radius 2 is 1.75 bits per heavy atom. The lowest BCUT2D eigenvalue weighted by Crippen LogP contribution is -3.14. The minimum absolute atomic E-state index is 0.0369. The lowest BCUT2D eigenvalue weighted by atomic mass is 9.94. The Morgan fingerprint density at radius 3 is 2.48 bits per heavy atom. The number of para-hydroxylation sites is 1. The molecule has 0 spiro atoms. The fourth-order valence-corrected chi connectivity index (χ4v) is 5.40. The molecule has 208 valence electrons. The van der Waals surface area contributed by atoms with Crippen molar-refractivity contribution in [2.75, 3.05) is 46.5 Å². The number of carbonyl (C=O) groups excluding carboxylic acids is 2. The smallest absolute Gasteiger partial charge is 0.295 e. The van der Waals surface area contributed by atoms with Crippen molar-refractivity contribution in [3.8, 4) is 17.2 Å². The second-order valence-corrected chi connectivity index (χ2v) is 10.1. The molecule has 2 saturated heterocycles. The molecule has 3 aromatic carbocycles. The molecule has 2 aliphatic rings. The van der Waals surface area contributed by atoms with Gasteiger partial charge in [-0.2, -0.15) is 0 Å². The average Bonchev–Trinajstić information content (AvgIpc) is 3.23. The van der Waals surface area contributed by atoms with Crippen molar-refractivity contribution in [3.05, 3.63) is 95.1 Å². The highest BCUT2D eigenvalue weighted by molar-refractivity contribution is 6.46. The number of hydrogen-bond donors (Lipinski definition) is 1. The third kappa shape index (κ3) is 5.88. The summed E-state index contributed by atoms with van der Waals surface area (Å²) in [5.41, 5.74) is 1.73. The molecule has 0 aromatic heterocycles. The predicted octanol–water partition coefficient (Wildman–Crippen LogP) is 2.33. The molecule has 40 heavy (non-hydrogen) atoms. The van der Waals surface area contributed by atoms with E-state index in [2.05, 4.69) is 0 Å². The van der Waals surface area contributed by atoms with Gasteiger partial charge in [-0.05, 0) is 60.0 Å².